The summed E-state index contributed by atoms with van der Waals surface area (Å²) in [5, 5.41) is 1.71. The molecule has 0 amide bonds. The van der Waals surface area contributed by atoms with Crippen molar-refractivity contribution < 1.29 is 0 Å². The summed E-state index contributed by atoms with van der Waals surface area (Å²) in [7, 11) is -1.12. The highest BCUT2D eigenvalue weighted by atomic mass is 28.3. The van der Waals surface area contributed by atoms with E-state index in [2.05, 4.69) is 51.7 Å². The van der Waals surface area contributed by atoms with Gasteiger partial charge in [0.15, 0.2) is 0 Å². The summed E-state index contributed by atoms with van der Waals surface area (Å²) < 4.78 is 0. The smallest absolute Gasteiger partial charge is 0.0729 e. The Morgan fingerprint density at radius 3 is 2.12 bits per heavy atom. The Bertz CT molecular complexity index is 461. The van der Waals surface area contributed by atoms with Gasteiger partial charge in [-0.2, -0.15) is 0 Å². The summed E-state index contributed by atoms with van der Waals surface area (Å²) in [6.45, 7) is 11.9. The molecule has 0 nitrogen and oxygen atoms in total. The molecular formula is C16H24Si. The van der Waals surface area contributed by atoms with Crippen molar-refractivity contribution in [2.45, 2.75) is 52.8 Å². The van der Waals surface area contributed by atoms with Gasteiger partial charge in [0.05, 0.1) is 8.07 Å². The first-order valence-electron chi connectivity index (χ1n) is 6.81. The maximum atomic E-state index is 2.47. The first-order chi connectivity index (χ1) is 7.95. The molecule has 1 aliphatic rings. The van der Waals surface area contributed by atoms with Crippen molar-refractivity contribution in [1.82, 2.24) is 0 Å². The van der Waals surface area contributed by atoms with Crippen LogP contribution in [0.2, 0.25) is 19.6 Å². The molecule has 1 aromatic carbocycles. The fourth-order valence-corrected chi connectivity index (χ4v) is 3.94. The second-order valence-corrected chi connectivity index (χ2v) is 11.3. The molecule has 0 bridgehead atoms. The van der Waals surface area contributed by atoms with Gasteiger partial charge in [0.25, 0.3) is 0 Å². The van der Waals surface area contributed by atoms with Crippen molar-refractivity contribution in [1.29, 1.82) is 0 Å². The van der Waals surface area contributed by atoms with E-state index in [1.807, 2.05) is 0 Å². The third kappa shape index (κ3) is 2.39. The lowest BCUT2D eigenvalue weighted by molar-refractivity contribution is 1.03. The van der Waals surface area contributed by atoms with Crippen LogP contribution < -0.4 is 0 Å². The minimum Gasteiger partial charge on any atom is -0.0761 e. The zero-order valence-corrected chi connectivity index (χ0v) is 12.9. The summed E-state index contributed by atoms with van der Waals surface area (Å²) in [5.41, 5.74) is 6.16. The summed E-state index contributed by atoms with van der Waals surface area (Å²) in [4.78, 5) is 0. The lowest BCUT2D eigenvalue weighted by atomic mass is 9.97. The third-order valence-electron chi connectivity index (χ3n) is 3.90. The molecule has 1 aliphatic carbocycles. The predicted octanol–water partition coefficient (Wildman–Crippen LogP) is 4.63. The van der Waals surface area contributed by atoms with E-state index in [-0.39, 0.29) is 0 Å². The van der Waals surface area contributed by atoms with Gasteiger partial charge in [-0.3, -0.25) is 0 Å². The molecule has 0 N–H and O–H groups in total. The molecule has 0 spiro atoms. The highest BCUT2D eigenvalue weighted by molar-refractivity contribution is 6.83. The van der Waals surface area contributed by atoms with Crippen molar-refractivity contribution in [3.8, 4) is 0 Å². The molecule has 92 valence electrons. The molecule has 0 unspecified atom stereocenters. The van der Waals surface area contributed by atoms with Crippen molar-refractivity contribution in [2.24, 2.45) is 0 Å². The van der Waals surface area contributed by atoms with Crippen LogP contribution in [0.1, 0.15) is 36.1 Å². The summed E-state index contributed by atoms with van der Waals surface area (Å²) in [5.74, 6) is 0. The van der Waals surface area contributed by atoms with Crippen molar-refractivity contribution in [3.63, 3.8) is 0 Å². The van der Waals surface area contributed by atoms with Crippen molar-refractivity contribution in [2.75, 3.05) is 0 Å². The SMILES string of the molecule is CCc1cc2c(cc1CC)CC([Si](C)(C)C)=C2. The summed E-state index contributed by atoms with van der Waals surface area (Å²) in [6.07, 6.45) is 6.01. The fourth-order valence-electron chi connectivity index (χ4n) is 2.63. The van der Waals surface area contributed by atoms with E-state index in [1.165, 1.54) is 18.4 Å². The Morgan fingerprint density at radius 2 is 1.59 bits per heavy atom. The standard InChI is InChI=1S/C16H24Si/c1-6-12-8-14-10-16(17(3,4)5)11-15(14)9-13(12)7-2/h8-10H,6-7,11H2,1-5H3. The second-order valence-electron chi connectivity index (χ2n) is 6.12. The van der Waals surface area contributed by atoms with Crippen LogP contribution in [0, 0.1) is 0 Å². The zero-order valence-electron chi connectivity index (χ0n) is 11.9. The van der Waals surface area contributed by atoms with Gasteiger partial charge in [0.1, 0.15) is 0 Å². The lowest BCUT2D eigenvalue weighted by Gasteiger charge is -2.17. The zero-order chi connectivity index (χ0) is 12.6. The maximum absolute atomic E-state index is 2.47. The number of benzene rings is 1. The van der Waals surface area contributed by atoms with E-state index in [1.54, 1.807) is 21.9 Å². The molecule has 0 aromatic heterocycles. The minimum atomic E-state index is -1.12. The molecular weight excluding hydrogens is 220 g/mol. The number of aryl methyl sites for hydroxylation is 2. The van der Waals surface area contributed by atoms with Gasteiger partial charge in [-0.15, -0.1) is 0 Å². The normalized spacial score (nSPS) is 14.8. The van der Waals surface area contributed by atoms with E-state index in [0.717, 1.165) is 6.42 Å². The molecule has 0 heterocycles. The molecule has 1 heteroatoms. The number of allylic oxidation sites excluding steroid dienone is 1. The Labute approximate surface area is 107 Å². The molecule has 0 fully saturated rings. The van der Waals surface area contributed by atoms with Crippen LogP contribution >= 0.6 is 0 Å². The first kappa shape index (κ1) is 12.6. The molecule has 2 rings (SSSR count). The van der Waals surface area contributed by atoms with Gasteiger partial charge in [0, 0.05) is 0 Å². The number of hydrogen-bond donors (Lipinski definition) is 0. The van der Waals surface area contributed by atoms with Crippen molar-refractivity contribution in [3.05, 3.63) is 39.6 Å². The van der Waals surface area contributed by atoms with Crippen LogP contribution in [-0.4, -0.2) is 8.07 Å². The molecule has 17 heavy (non-hydrogen) atoms. The summed E-state index contributed by atoms with van der Waals surface area (Å²) >= 11 is 0. The van der Waals surface area contributed by atoms with E-state index < -0.39 is 8.07 Å². The fraction of sp³-hybridized carbons (Fsp3) is 0.500. The lowest BCUT2D eigenvalue weighted by Crippen LogP contribution is -2.23. The van der Waals surface area contributed by atoms with Crippen LogP contribution in [0.4, 0.5) is 0 Å². The van der Waals surface area contributed by atoms with Crippen LogP contribution in [0.5, 0.6) is 0 Å². The van der Waals surface area contributed by atoms with Crippen LogP contribution in [0.15, 0.2) is 17.3 Å². The highest BCUT2D eigenvalue weighted by Gasteiger charge is 2.25. The van der Waals surface area contributed by atoms with Gasteiger partial charge in [-0.1, -0.05) is 56.9 Å². The van der Waals surface area contributed by atoms with Crippen molar-refractivity contribution >= 4 is 14.1 Å². The van der Waals surface area contributed by atoms with Crippen LogP contribution in [0.25, 0.3) is 6.08 Å². The quantitative estimate of drug-likeness (QED) is 0.680. The van der Waals surface area contributed by atoms with Gasteiger partial charge >= 0.3 is 0 Å². The topological polar surface area (TPSA) is 0 Å². The molecule has 0 radical (unpaired) electrons. The van der Waals surface area contributed by atoms with Gasteiger partial charge < -0.3 is 0 Å². The highest BCUT2D eigenvalue weighted by Crippen LogP contribution is 2.33. The van der Waals surface area contributed by atoms with E-state index >= 15 is 0 Å². The Balaban J connectivity index is 2.42. The maximum Gasteiger partial charge on any atom is 0.0729 e. The molecule has 0 saturated carbocycles. The summed E-state index contributed by atoms with van der Waals surface area (Å²) in [6, 6.07) is 4.89. The largest absolute Gasteiger partial charge is 0.0761 e. The monoisotopic (exact) mass is 244 g/mol. The average molecular weight is 244 g/mol. The van der Waals surface area contributed by atoms with E-state index in [0.29, 0.717) is 0 Å². The third-order valence-corrected chi connectivity index (χ3v) is 6.15. The first-order valence-corrected chi connectivity index (χ1v) is 10.3. The molecule has 0 aliphatic heterocycles. The number of fused-ring (bicyclic) bond motifs is 1. The van der Waals surface area contributed by atoms with Gasteiger partial charge in [-0.05, 0) is 41.5 Å². The molecule has 0 saturated heterocycles. The Kier molecular flexibility index (Phi) is 3.31. The van der Waals surface area contributed by atoms with Gasteiger partial charge in [-0.25, -0.2) is 0 Å². The predicted molar refractivity (Wildman–Crippen MR) is 80.2 cm³/mol. The Morgan fingerprint density at radius 1 is 1.00 bits per heavy atom. The molecule has 0 atom stereocenters. The Hall–Kier alpha value is -0.823. The van der Waals surface area contributed by atoms with Crippen LogP contribution in [0.3, 0.4) is 0 Å². The second kappa shape index (κ2) is 4.45. The number of hydrogen-bond acceptors (Lipinski definition) is 0. The average Bonchev–Trinajstić information content (AvgIpc) is 2.69. The number of rotatable bonds is 3. The molecule has 1 aromatic rings. The minimum absolute atomic E-state index is 1.12. The van der Waals surface area contributed by atoms with E-state index in [4.69, 9.17) is 0 Å². The van der Waals surface area contributed by atoms with Gasteiger partial charge in [0.2, 0.25) is 0 Å². The van der Waals surface area contributed by atoms with Crippen LogP contribution in [-0.2, 0) is 19.3 Å². The van der Waals surface area contributed by atoms with E-state index in [9.17, 15) is 0 Å².